The average Bonchev–Trinajstić information content (AvgIpc) is 3.02. The molecule has 3 rings (SSSR count). The van der Waals surface area contributed by atoms with Crippen molar-refractivity contribution in [2.75, 3.05) is 6.54 Å². The zero-order chi connectivity index (χ0) is 12.5. The van der Waals surface area contributed by atoms with Crippen LogP contribution in [0.3, 0.4) is 0 Å². The molecule has 1 atom stereocenters. The molecule has 0 amide bonds. The van der Waals surface area contributed by atoms with Crippen LogP contribution in [0.5, 0.6) is 0 Å². The Morgan fingerprint density at radius 1 is 1.50 bits per heavy atom. The first-order valence-corrected chi connectivity index (χ1v) is 6.23. The molecule has 0 spiro atoms. The zero-order valence-electron chi connectivity index (χ0n) is 10.7. The molecule has 0 saturated carbocycles. The Morgan fingerprint density at radius 2 is 2.39 bits per heavy atom. The van der Waals surface area contributed by atoms with Gasteiger partial charge in [0.05, 0.1) is 18.8 Å². The van der Waals surface area contributed by atoms with Gasteiger partial charge in [0.1, 0.15) is 17.9 Å². The van der Waals surface area contributed by atoms with Crippen LogP contribution < -0.4 is 0 Å². The minimum absolute atomic E-state index is 0.324. The molecule has 18 heavy (non-hydrogen) atoms. The summed E-state index contributed by atoms with van der Waals surface area (Å²) in [5.41, 5.74) is 0. The molecule has 0 N–H and O–H groups in total. The summed E-state index contributed by atoms with van der Waals surface area (Å²) in [5, 5.41) is 8.17. The van der Waals surface area contributed by atoms with Gasteiger partial charge in [0.25, 0.3) is 0 Å². The highest BCUT2D eigenvalue weighted by Gasteiger charge is 2.30. The van der Waals surface area contributed by atoms with Gasteiger partial charge in [-0.05, 0) is 26.3 Å². The van der Waals surface area contributed by atoms with Crippen molar-refractivity contribution in [1.29, 1.82) is 0 Å². The summed E-state index contributed by atoms with van der Waals surface area (Å²) in [6, 6.07) is 0.324. The molecule has 1 saturated heterocycles. The number of likely N-dealkylation sites (tertiary alicyclic amines) is 1. The molecule has 2 aromatic heterocycles. The van der Waals surface area contributed by atoms with Crippen LogP contribution in [0.4, 0.5) is 0 Å². The lowest BCUT2D eigenvalue weighted by Crippen LogP contribution is -2.25. The second-order valence-electron chi connectivity index (χ2n) is 4.79. The molecule has 1 aliphatic heterocycles. The fourth-order valence-corrected chi connectivity index (χ4v) is 2.55. The molecule has 3 heterocycles. The Bertz CT molecular complexity index is 532. The molecule has 6 nitrogen and oxygen atoms in total. The van der Waals surface area contributed by atoms with Crippen LogP contribution in [0.2, 0.25) is 0 Å². The van der Waals surface area contributed by atoms with Gasteiger partial charge in [-0.15, -0.1) is 10.2 Å². The smallest absolute Gasteiger partial charge is 0.208 e. The van der Waals surface area contributed by atoms with Crippen LogP contribution in [0.1, 0.15) is 36.4 Å². The van der Waals surface area contributed by atoms with Crippen molar-refractivity contribution >= 4 is 0 Å². The molecule has 1 unspecified atom stereocenters. The van der Waals surface area contributed by atoms with Crippen molar-refractivity contribution in [3.63, 3.8) is 0 Å². The third kappa shape index (κ3) is 2.03. The highest BCUT2D eigenvalue weighted by atomic mass is 16.4. The number of hydrogen-bond donors (Lipinski definition) is 0. The van der Waals surface area contributed by atoms with Gasteiger partial charge in [-0.1, -0.05) is 0 Å². The standard InChI is InChI=1S/C12H17N5O/c1-9-6-13-11(18-9)7-17-5-3-4-10(17)12-15-14-8-16(12)2/h6,8,10H,3-5,7H2,1-2H3. The normalized spacial score (nSPS) is 20.7. The minimum Gasteiger partial charge on any atom is -0.445 e. The monoisotopic (exact) mass is 247 g/mol. The van der Waals surface area contributed by atoms with E-state index in [4.69, 9.17) is 4.42 Å². The molecule has 0 radical (unpaired) electrons. The van der Waals surface area contributed by atoms with E-state index in [0.717, 1.165) is 37.0 Å². The molecule has 0 bridgehead atoms. The first-order chi connectivity index (χ1) is 8.74. The Morgan fingerprint density at radius 3 is 3.06 bits per heavy atom. The van der Waals surface area contributed by atoms with Gasteiger partial charge in [-0.25, -0.2) is 4.98 Å². The maximum atomic E-state index is 5.55. The summed E-state index contributed by atoms with van der Waals surface area (Å²) < 4.78 is 7.54. The molecule has 96 valence electrons. The Hall–Kier alpha value is -1.69. The molecule has 1 fully saturated rings. The van der Waals surface area contributed by atoms with Crippen LogP contribution in [0.25, 0.3) is 0 Å². The maximum Gasteiger partial charge on any atom is 0.208 e. The summed E-state index contributed by atoms with van der Waals surface area (Å²) in [5.74, 6) is 2.66. The van der Waals surface area contributed by atoms with Crippen LogP contribution in [-0.2, 0) is 13.6 Å². The predicted octanol–water partition coefficient (Wildman–Crippen LogP) is 1.45. The van der Waals surface area contributed by atoms with E-state index in [0.29, 0.717) is 6.04 Å². The molecule has 0 aliphatic carbocycles. The summed E-state index contributed by atoms with van der Waals surface area (Å²) in [4.78, 5) is 6.62. The van der Waals surface area contributed by atoms with Gasteiger partial charge in [0, 0.05) is 7.05 Å². The Balaban J connectivity index is 1.77. The van der Waals surface area contributed by atoms with Crippen LogP contribution >= 0.6 is 0 Å². The second kappa shape index (κ2) is 4.53. The van der Waals surface area contributed by atoms with Crippen molar-refractivity contribution in [3.8, 4) is 0 Å². The summed E-state index contributed by atoms with van der Waals surface area (Å²) in [6.45, 7) is 3.71. The van der Waals surface area contributed by atoms with Crippen molar-refractivity contribution in [2.45, 2.75) is 32.4 Å². The van der Waals surface area contributed by atoms with E-state index in [1.165, 1.54) is 6.42 Å². The summed E-state index contributed by atoms with van der Waals surface area (Å²) in [6.07, 6.45) is 5.81. The highest BCUT2D eigenvalue weighted by Crippen LogP contribution is 2.31. The maximum absolute atomic E-state index is 5.55. The van der Waals surface area contributed by atoms with Crippen molar-refractivity contribution in [1.82, 2.24) is 24.6 Å². The van der Waals surface area contributed by atoms with E-state index in [9.17, 15) is 0 Å². The van der Waals surface area contributed by atoms with E-state index >= 15 is 0 Å². The summed E-state index contributed by atoms with van der Waals surface area (Å²) in [7, 11) is 1.99. The topological polar surface area (TPSA) is 60.0 Å². The number of aryl methyl sites for hydroxylation is 2. The van der Waals surface area contributed by atoms with E-state index in [1.807, 2.05) is 18.5 Å². The minimum atomic E-state index is 0.324. The van der Waals surface area contributed by atoms with Gasteiger partial charge < -0.3 is 8.98 Å². The van der Waals surface area contributed by atoms with E-state index in [1.54, 1.807) is 12.5 Å². The number of aromatic nitrogens is 4. The van der Waals surface area contributed by atoms with E-state index in [-0.39, 0.29) is 0 Å². The molecule has 1 aliphatic rings. The molecule has 6 heteroatoms. The van der Waals surface area contributed by atoms with Crippen molar-refractivity contribution in [3.05, 3.63) is 30.0 Å². The van der Waals surface area contributed by atoms with E-state index < -0.39 is 0 Å². The number of nitrogens with zero attached hydrogens (tertiary/aromatic N) is 5. The van der Waals surface area contributed by atoms with Crippen LogP contribution in [0, 0.1) is 6.92 Å². The molecular formula is C12H17N5O. The zero-order valence-corrected chi connectivity index (χ0v) is 10.7. The third-order valence-corrected chi connectivity index (χ3v) is 3.42. The second-order valence-corrected chi connectivity index (χ2v) is 4.79. The van der Waals surface area contributed by atoms with Gasteiger partial charge in [-0.3, -0.25) is 4.90 Å². The number of rotatable bonds is 3. The Labute approximate surface area is 106 Å². The van der Waals surface area contributed by atoms with Gasteiger partial charge in [0.15, 0.2) is 0 Å². The van der Waals surface area contributed by atoms with Crippen molar-refractivity contribution in [2.24, 2.45) is 7.05 Å². The first kappa shape index (κ1) is 11.4. The lowest BCUT2D eigenvalue weighted by molar-refractivity contribution is 0.212. The number of hydrogen-bond acceptors (Lipinski definition) is 5. The van der Waals surface area contributed by atoms with Gasteiger partial charge >= 0.3 is 0 Å². The quantitative estimate of drug-likeness (QED) is 0.821. The summed E-state index contributed by atoms with van der Waals surface area (Å²) >= 11 is 0. The number of oxazole rings is 1. The van der Waals surface area contributed by atoms with Gasteiger partial charge in [-0.2, -0.15) is 0 Å². The molecular weight excluding hydrogens is 230 g/mol. The van der Waals surface area contributed by atoms with Crippen LogP contribution in [-0.4, -0.2) is 31.2 Å². The largest absolute Gasteiger partial charge is 0.445 e. The molecule has 2 aromatic rings. The van der Waals surface area contributed by atoms with Crippen LogP contribution in [0.15, 0.2) is 16.9 Å². The van der Waals surface area contributed by atoms with E-state index in [2.05, 4.69) is 20.1 Å². The molecule has 0 aromatic carbocycles. The SMILES string of the molecule is Cc1cnc(CN2CCCC2c2nncn2C)o1. The highest BCUT2D eigenvalue weighted by molar-refractivity contribution is 5.00. The lowest BCUT2D eigenvalue weighted by atomic mass is 10.2. The third-order valence-electron chi connectivity index (χ3n) is 3.42. The fraction of sp³-hybridized carbons (Fsp3) is 0.583. The van der Waals surface area contributed by atoms with Gasteiger partial charge in [0.2, 0.25) is 5.89 Å². The predicted molar refractivity (Wildman–Crippen MR) is 64.6 cm³/mol. The lowest BCUT2D eigenvalue weighted by Gasteiger charge is -2.21. The van der Waals surface area contributed by atoms with Crippen molar-refractivity contribution < 1.29 is 4.42 Å². The Kier molecular flexibility index (Phi) is 2.87. The average molecular weight is 247 g/mol. The first-order valence-electron chi connectivity index (χ1n) is 6.23. The fourth-order valence-electron chi connectivity index (χ4n) is 2.55.